The Morgan fingerprint density at radius 3 is 2.68 bits per heavy atom. The van der Waals surface area contributed by atoms with Crippen LogP contribution in [0.15, 0.2) is 0 Å². The fourth-order valence-corrected chi connectivity index (χ4v) is 2.50. The van der Waals surface area contributed by atoms with Gasteiger partial charge in [0.25, 0.3) is 0 Å². The first-order valence-electron chi connectivity index (χ1n) is 5.97. The molecule has 0 unspecified atom stereocenters. The van der Waals surface area contributed by atoms with Gasteiger partial charge in [0.15, 0.2) is 5.69 Å². The van der Waals surface area contributed by atoms with Crippen LogP contribution in [-0.2, 0) is 22.8 Å². The summed E-state index contributed by atoms with van der Waals surface area (Å²) in [5.41, 5.74) is 5.73. The molecule has 3 N–H and O–H groups in total. The molecule has 1 rings (SSSR count). The summed E-state index contributed by atoms with van der Waals surface area (Å²) < 4.78 is 24.1. The SMILES string of the molecule is CCS(=O)(=O)CCCn1nnc(C(=O)O)c1CCN. The van der Waals surface area contributed by atoms with Crippen molar-refractivity contribution < 1.29 is 18.3 Å². The van der Waals surface area contributed by atoms with Crippen LogP contribution in [0.3, 0.4) is 0 Å². The molecule has 0 spiro atoms. The first-order chi connectivity index (χ1) is 8.91. The monoisotopic (exact) mass is 290 g/mol. The normalized spacial score (nSPS) is 11.7. The van der Waals surface area contributed by atoms with E-state index in [2.05, 4.69) is 10.3 Å². The lowest BCUT2D eigenvalue weighted by Crippen LogP contribution is -2.16. The van der Waals surface area contributed by atoms with E-state index in [1.165, 1.54) is 4.68 Å². The number of nitrogens with zero attached hydrogens (tertiary/aromatic N) is 3. The summed E-state index contributed by atoms with van der Waals surface area (Å²) in [7, 11) is -3.03. The van der Waals surface area contributed by atoms with Gasteiger partial charge in [-0.25, -0.2) is 17.9 Å². The highest BCUT2D eigenvalue weighted by Gasteiger charge is 2.18. The Bertz CT molecular complexity index is 538. The number of aromatic nitrogens is 3. The standard InChI is InChI=1S/C10H18N4O4S/c1-2-19(17,18)7-3-6-14-8(4-5-11)9(10(15)16)12-13-14/h2-7,11H2,1H3,(H,15,16). The van der Waals surface area contributed by atoms with Crippen LogP contribution in [0.25, 0.3) is 0 Å². The van der Waals surface area contributed by atoms with Crippen molar-refractivity contribution in [1.82, 2.24) is 15.0 Å². The van der Waals surface area contributed by atoms with E-state index in [9.17, 15) is 13.2 Å². The molecule has 0 amide bonds. The Morgan fingerprint density at radius 2 is 2.16 bits per heavy atom. The van der Waals surface area contributed by atoms with E-state index >= 15 is 0 Å². The van der Waals surface area contributed by atoms with E-state index in [4.69, 9.17) is 10.8 Å². The van der Waals surface area contributed by atoms with Crippen molar-refractivity contribution in [3.05, 3.63) is 11.4 Å². The van der Waals surface area contributed by atoms with Crippen molar-refractivity contribution in [2.45, 2.75) is 26.3 Å². The number of rotatable bonds is 8. The average Bonchev–Trinajstić information content (AvgIpc) is 2.73. The summed E-state index contributed by atoms with van der Waals surface area (Å²) in [6.07, 6.45) is 0.714. The Labute approximate surface area is 111 Å². The number of carboxylic acid groups (broad SMARTS) is 1. The van der Waals surface area contributed by atoms with E-state index in [0.717, 1.165) is 0 Å². The van der Waals surface area contributed by atoms with Crippen molar-refractivity contribution >= 4 is 15.8 Å². The van der Waals surface area contributed by atoms with Gasteiger partial charge >= 0.3 is 5.97 Å². The molecule has 108 valence electrons. The largest absolute Gasteiger partial charge is 0.476 e. The highest BCUT2D eigenvalue weighted by Crippen LogP contribution is 2.07. The van der Waals surface area contributed by atoms with Crippen LogP contribution in [-0.4, -0.2) is 52.5 Å². The topological polar surface area (TPSA) is 128 Å². The number of nitrogens with two attached hydrogens (primary N) is 1. The highest BCUT2D eigenvalue weighted by atomic mass is 32.2. The van der Waals surface area contributed by atoms with Gasteiger partial charge in [0, 0.05) is 18.7 Å². The lowest BCUT2D eigenvalue weighted by atomic mass is 10.2. The lowest BCUT2D eigenvalue weighted by Gasteiger charge is -2.06. The molecule has 0 aliphatic rings. The molecule has 0 aliphatic heterocycles. The average molecular weight is 290 g/mol. The van der Waals surface area contributed by atoms with E-state index in [0.29, 0.717) is 25.1 Å². The fraction of sp³-hybridized carbons (Fsp3) is 0.700. The van der Waals surface area contributed by atoms with E-state index in [-0.39, 0.29) is 23.7 Å². The number of hydrogen-bond donors (Lipinski definition) is 2. The zero-order valence-corrected chi connectivity index (χ0v) is 11.6. The van der Waals surface area contributed by atoms with Gasteiger partial charge in [-0.1, -0.05) is 12.1 Å². The molecule has 0 atom stereocenters. The van der Waals surface area contributed by atoms with Crippen molar-refractivity contribution in [3.8, 4) is 0 Å². The molecule has 0 saturated heterocycles. The lowest BCUT2D eigenvalue weighted by molar-refractivity contribution is 0.0689. The second-order valence-electron chi connectivity index (χ2n) is 4.04. The molecular formula is C10H18N4O4S. The highest BCUT2D eigenvalue weighted by molar-refractivity contribution is 7.91. The molecule has 0 bridgehead atoms. The van der Waals surface area contributed by atoms with Crippen LogP contribution >= 0.6 is 0 Å². The molecule has 1 aromatic heterocycles. The van der Waals surface area contributed by atoms with Gasteiger partial charge in [-0.15, -0.1) is 5.10 Å². The molecule has 8 nitrogen and oxygen atoms in total. The van der Waals surface area contributed by atoms with Gasteiger partial charge in [0.2, 0.25) is 0 Å². The molecule has 9 heteroatoms. The molecule has 0 saturated carbocycles. The Morgan fingerprint density at radius 1 is 1.47 bits per heavy atom. The third-order valence-electron chi connectivity index (χ3n) is 2.69. The third kappa shape index (κ3) is 4.28. The first-order valence-corrected chi connectivity index (χ1v) is 7.79. The minimum Gasteiger partial charge on any atom is -0.476 e. The molecule has 0 fully saturated rings. The van der Waals surface area contributed by atoms with Crippen LogP contribution in [0.5, 0.6) is 0 Å². The first kappa shape index (κ1) is 15.6. The number of aromatic carboxylic acids is 1. The summed E-state index contributed by atoms with van der Waals surface area (Å²) in [4.78, 5) is 10.9. The van der Waals surface area contributed by atoms with Crippen LogP contribution in [0.2, 0.25) is 0 Å². The van der Waals surface area contributed by atoms with E-state index in [1.807, 2.05) is 0 Å². The van der Waals surface area contributed by atoms with Gasteiger partial charge < -0.3 is 10.8 Å². The fourth-order valence-electron chi connectivity index (χ4n) is 1.64. The van der Waals surface area contributed by atoms with Crippen molar-refractivity contribution in [3.63, 3.8) is 0 Å². The summed E-state index contributed by atoms with van der Waals surface area (Å²) in [6.45, 7) is 2.18. The molecule has 0 radical (unpaired) electrons. The molecule has 0 aliphatic carbocycles. The van der Waals surface area contributed by atoms with Crippen LogP contribution in [0.1, 0.15) is 29.5 Å². The minimum atomic E-state index is -3.03. The number of hydrogen-bond acceptors (Lipinski definition) is 6. The Hall–Kier alpha value is -1.48. The zero-order chi connectivity index (χ0) is 14.5. The second-order valence-corrected chi connectivity index (χ2v) is 6.51. The number of carbonyl (C=O) groups is 1. The van der Waals surface area contributed by atoms with Crippen molar-refractivity contribution in [2.75, 3.05) is 18.1 Å². The number of aryl methyl sites for hydroxylation is 1. The number of sulfone groups is 1. The second kappa shape index (κ2) is 6.62. The van der Waals surface area contributed by atoms with Crippen molar-refractivity contribution in [1.29, 1.82) is 0 Å². The molecule has 1 heterocycles. The smallest absolute Gasteiger partial charge is 0.358 e. The number of carboxylic acids is 1. The predicted octanol–water partition coefficient (Wildman–Crippen LogP) is -0.698. The van der Waals surface area contributed by atoms with Gasteiger partial charge in [0.1, 0.15) is 9.84 Å². The Kier molecular flexibility index (Phi) is 5.43. The van der Waals surface area contributed by atoms with Gasteiger partial charge in [0.05, 0.1) is 11.4 Å². The minimum absolute atomic E-state index is 0.0494. The molecule has 19 heavy (non-hydrogen) atoms. The van der Waals surface area contributed by atoms with E-state index < -0.39 is 15.8 Å². The maximum Gasteiger partial charge on any atom is 0.358 e. The predicted molar refractivity (Wildman–Crippen MR) is 68.7 cm³/mol. The summed E-state index contributed by atoms with van der Waals surface area (Å²) in [5.74, 6) is -1.01. The summed E-state index contributed by atoms with van der Waals surface area (Å²) in [6, 6.07) is 0. The molecule has 0 aromatic carbocycles. The van der Waals surface area contributed by atoms with Crippen LogP contribution in [0, 0.1) is 0 Å². The summed E-state index contributed by atoms with van der Waals surface area (Å²) >= 11 is 0. The molecular weight excluding hydrogens is 272 g/mol. The quantitative estimate of drug-likeness (QED) is 0.648. The maximum atomic E-state index is 11.4. The summed E-state index contributed by atoms with van der Waals surface area (Å²) in [5, 5.41) is 16.3. The van der Waals surface area contributed by atoms with Gasteiger partial charge in [-0.2, -0.15) is 0 Å². The van der Waals surface area contributed by atoms with Crippen LogP contribution in [0.4, 0.5) is 0 Å². The van der Waals surface area contributed by atoms with Gasteiger partial charge in [-0.05, 0) is 13.0 Å². The van der Waals surface area contributed by atoms with Crippen LogP contribution < -0.4 is 5.73 Å². The molecule has 1 aromatic rings. The Balaban J connectivity index is 2.76. The third-order valence-corrected chi connectivity index (χ3v) is 4.48. The van der Waals surface area contributed by atoms with E-state index in [1.54, 1.807) is 6.92 Å². The van der Waals surface area contributed by atoms with Gasteiger partial charge in [-0.3, -0.25) is 0 Å². The maximum absolute atomic E-state index is 11.4. The zero-order valence-electron chi connectivity index (χ0n) is 10.7. The van der Waals surface area contributed by atoms with Crippen molar-refractivity contribution in [2.24, 2.45) is 5.73 Å².